The van der Waals surface area contributed by atoms with Gasteiger partial charge in [-0.05, 0) is 28.1 Å². The van der Waals surface area contributed by atoms with E-state index in [1.807, 2.05) is 6.07 Å². The van der Waals surface area contributed by atoms with Gasteiger partial charge in [-0.15, -0.1) is 0 Å². The number of hydrogen-bond acceptors (Lipinski definition) is 2. The number of carbonyl (C=O) groups excluding carboxylic acids is 1. The second-order valence-corrected chi connectivity index (χ2v) is 4.32. The summed E-state index contributed by atoms with van der Waals surface area (Å²) in [5, 5.41) is 9.40. The molecule has 0 heterocycles. The maximum absolute atomic E-state index is 11.5. The fraction of sp³-hybridized carbons (Fsp3) is 0.200. The molecule has 1 rings (SSSR count). The number of nitrogens with zero attached hydrogens (tertiary/aromatic N) is 1. The van der Waals surface area contributed by atoms with E-state index in [2.05, 4.69) is 31.9 Å². The highest BCUT2D eigenvalue weighted by Gasteiger charge is 2.07. The lowest BCUT2D eigenvalue weighted by Crippen LogP contribution is -1.99. The number of halogens is 2. The lowest BCUT2D eigenvalue weighted by atomic mass is 10.1. The minimum atomic E-state index is 0.0471. The van der Waals surface area contributed by atoms with Gasteiger partial charge in [0.25, 0.3) is 0 Å². The summed E-state index contributed by atoms with van der Waals surface area (Å²) >= 11 is 6.44. The van der Waals surface area contributed by atoms with Gasteiger partial charge in [0.05, 0.1) is 5.56 Å². The third-order valence-electron chi connectivity index (χ3n) is 1.73. The summed E-state index contributed by atoms with van der Waals surface area (Å²) in [5.41, 5.74) is 1.08. The maximum atomic E-state index is 11.5. The van der Waals surface area contributed by atoms with Crippen LogP contribution in [0, 0.1) is 11.3 Å². The maximum Gasteiger partial charge on any atom is 0.163 e. The van der Waals surface area contributed by atoms with Gasteiger partial charge in [0, 0.05) is 21.8 Å². The summed E-state index contributed by atoms with van der Waals surface area (Å²) < 4.78 is 0.718. The van der Waals surface area contributed by atoms with Crippen molar-refractivity contribution in [2.75, 3.05) is 5.33 Å². The van der Waals surface area contributed by atoms with Gasteiger partial charge in [0.1, 0.15) is 6.07 Å². The van der Waals surface area contributed by atoms with Crippen LogP contribution in [0.15, 0.2) is 22.7 Å². The second-order valence-electron chi connectivity index (χ2n) is 2.67. The molecule has 0 fully saturated rings. The SMILES string of the molecule is N#Cc1cc(C(=O)CCBr)ccc1Br. The Labute approximate surface area is 99.2 Å². The Kier molecular flexibility index (Phi) is 4.30. The smallest absolute Gasteiger partial charge is 0.163 e. The Morgan fingerprint density at radius 1 is 1.50 bits per heavy atom. The number of benzene rings is 1. The molecular formula is C10H7Br2NO. The predicted octanol–water partition coefficient (Wildman–Crippen LogP) is 3.29. The Hall–Kier alpha value is -0.660. The highest BCUT2D eigenvalue weighted by molar-refractivity contribution is 9.10. The summed E-state index contributed by atoms with van der Waals surface area (Å²) in [7, 11) is 0. The Morgan fingerprint density at radius 2 is 2.21 bits per heavy atom. The fourth-order valence-electron chi connectivity index (χ4n) is 1.01. The molecule has 1 aromatic carbocycles. The van der Waals surface area contributed by atoms with Crippen LogP contribution in [-0.4, -0.2) is 11.1 Å². The molecular weight excluding hydrogens is 310 g/mol. The second kappa shape index (κ2) is 5.28. The molecule has 0 saturated carbocycles. The minimum Gasteiger partial charge on any atom is -0.294 e. The zero-order valence-corrected chi connectivity index (χ0v) is 10.4. The standard InChI is InChI=1S/C10H7Br2NO/c11-4-3-10(14)7-1-2-9(12)8(5-7)6-13/h1-2,5H,3-4H2. The first-order chi connectivity index (χ1) is 6.69. The van der Waals surface area contributed by atoms with Crippen LogP contribution in [0.3, 0.4) is 0 Å². The van der Waals surface area contributed by atoms with Gasteiger partial charge >= 0.3 is 0 Å². The Bertz CT molecular complexity index is 396. The van der Waals surface area contributed by atoms with Gasteiger partial charge < -0.3 is 0 Å². The number of ketones is 1. The van der Waals surface area contributed by atoms with E-state index < -0.39 is 0 Å². The van der Waals surface area contributed by atoms with Crippen LogP contribution in [0.2, 0.25) is 0 Å². The van der Waals surface area contributed by atoms with Crippen LogP contribution in [0.25, 0.3) is 0 Å². The van der Waals surface area contributed by atoms with E-state index in [0.29, 0.717) is 22.9 Å². The molecule has 0 spiro atoms. The number of alkyl halides is 1. The molecule has 0 aromatic heterocycles. The minimum absolute atomic E-state index is 0.0471. The number of hydrogen-bond donors (Lipinski definition) is 0. The van der Waals surface area contributed by atoms with Crippen molar-refractivity contribution in [2.45, 2.75) is 6.42 Å². The van der Waals surface area contributed by atoms with E-state index >= 15 is 0 Å². The van der Waals surface area contributed by atoms with E-state index in [4.69, 9.17) is 5.26 Å². The molecule has 0 aliphatic heterocycles. The first kappa shape index (κ1) is 11.4. The van der Waals surface area contributed by atoms with Crippen molar-refractivity contribution < 1.29 is 4.79 Å². The van der Waals surface area contributed by atoms with E-state index in [-0.39, 0.29) is 5.78 Å². The van der Waals surface area contributed by atoms with Crippen molar-refractivity contribution >= 4 is 37.6 Å². The first-order valence-corrected chi connectivity index (χ1v) is 5.89. The number of Topliss-reactive ketones (excluding diaryl/α,β-unsaturated/α-hetero) is 1. The van der Waals surface area contributed by atoms with Gasteiger partial charge in [-0.1, -0.05) is 22.0 Å². The quantitative estimate of drug-likeness (QED) is 0.634. The molecule has 0 N–H and O–H groups in total. The van der Waals surface area contributed by atoms with Gasteiger partial charge in [0.2, 0.25) is 0 Å². The molecule has 72 valence electrons. The summed E-state index contributed by atoms with van der Waals surface area (Å²) in [4.78, 5) is 11.5. The van der Waals surface area contributed by atoms with Crippen LogP contribution in [0.5, 0.6) is 0 Å². The third kappa shape index (κ3) is 2.66. The van der Waals surface area contributed by atoms with Crippen LogP contribution >= 0.6 is 31.9 Å². The molecule has 0 saturated heterocycles. The molecule has 0 atom stereocenters. The number of rotatable bonds is 3. The predicted molar refractivity (Wildman–Crippen MR) is 61.6 cm³/mol. The molecule has 0 bridgehead atoms. The lowest BCUT2D eigenvalue weighted by Gasteiger charge is -2.00. The molecule has 4 heteroatoms. The zero-order valence-electron chi connectivity index (χ0n) is 7.26. The average molecular weight is 317 g/mol. The van der Waals surface area contributed by atoms with Crippen LogP contribution < -0.4 is 0 Å². The van der Waals surface area contributed by atoms with E-state index in [0.717, 1.165) is 4.47 Å². The van der Waals surface area contributed by atoms with Crippen molar-refractivity contribution in [3.05, 3.63) is 33.8 Å². The van der Waals surface area contributed by atoms with E-state index in [9.17, 15) is 4.79 Å². The summed E-state index contributed by atoms with van der Waals surface area (Å²) in [5.74, 6) is 0.0471. The summed E-state index contributed by atoms with van der Waals surface area (Å²) in [6, 6.07) is 7.07. The highest BCUT2D eigenvalue weighted by atomic mass is 79.9. The van der Waals surface area contributed by atoms with Gasteiger partial charge in [0.15, 0.2) is 5.78 Å². The van der Waals surface area contributed by atoms with Gasteiger partial charge in [-0.3, -0.25) is 4.79 Å². The molecule has 1 aromatic rings. The molecule has 0 aliphatic rings. The largest absolute Gasteiger partial charge is 0.294 e. The van der Waals surface area contributed by atoms with E-state index in [1.165, 1.54) is 0 Å². The average Bonchev–Trinajstić information content (AvgIpc) is 2.19. The van der Waals surface area contributed by atoms with Gasteiger partial charge in [-0.2, -0.15) is 5.26 Å². The summed E-state index contributed by atoms with van der Waals surface area (Å²) in [6.45, 7) is 0. The van der Waals surface area contributed by atoms with Crippen molar-refractivity contribution in [1.82, 2.24) is 0 Å². The molecule has 0 amide bonds. The third-order valence-corrected chi connectivity index (χ3v) is 2.82. The highest BCUT2D eigenvalue weighted by Crippen LogP contribution is 2.18. The summed E-state index contributed by atoms with van der Waals surface area (Å²) in [6.07, 6.45) is 0.451. The first-order valence-electron chi connectivity index (χ1n) is 3.98. The molecule has 0 unspecified atom stereocenters. The van der Waals surface area contributed by atoms with Crippen LogP contribution in [0.1, 0.15) is 22.3 Å². The van der Waals surface area contributed by atoms with Crippen molar-refractivity contribution in [3.63, 3.8) is 0 Å². The van der Waals surface area contributed by atoms with Crippen LogP contribution in [0.4, 0.5) is 0 Å². The number of carbonyl (C=O) groups is 1. The normalized spacial score (nSPS) is 9.50. The molecule has 2 nitrogen and oxygen atoms in total. The van der Waals surface area contributed by atoms with Crippen molar-refractivity contribution in [2.24, 2.45) is 0 Å². The molecule has 0 aliphatic carbocycles. The lowest BCUT2D eigenvalue weighted by molar-refractivity contribution is 0.0990. The Morgan fingerprint density at radius 3 is 2.79 bits per heavy atom. The van der Waals surface area contributed by atoms with Crippen molar-refractivity contribution in [1.29, 1.82) is 5.26 Å². The number of nitriles is 1. The van der Waals surface area contributed by atoms with Gasteiger partial charge in [-0.25, -0.2) is 0 Å². The molecule has 0 radical (unpaired) electrons. The topological polar surface area (TPSA) is 40.9 Å². The van der Waals surface area contributed by atoms with Crippen LogP contribution in [-0.2, 0) is 0 Å². The van der Waals surface area contributed by atoms with E-state index in [1.54, 1.807) is 18.2 Å². The monoisotopic (exact) mass is 315 g/mol. The zero-order chi connectivity index (χ0) is 10.6. The Balaban J connectivity index is 3.02. The fourth-order valence-corrected chi connectivity index (χ4v) is 1.71. The molecule has 14 heavy (non-hydrogen) atoms. The van der Waals surface area contributed by atoms with Crippen molar-refractivity contribution in [3.8, 4) is 6.07 Å².